The Balaban J connectivity index is 2.09. The van der Waals surface area contributed by atoms with E-state index in [4.69, 9.17) is 0 Å². The molecule has 19 heavy (non-hydrogen) atoms. The Morgan fingerprint density at radius 3 is 2.26 bits per heavy atom. The summed E-state index contributed by atoms with van der Waals surface area (Å²) in [6.45, 7) is 5.38. The topological polar surface area (TPSA) is 40.6 Å². The summed E-state index contributed by atoms with van der Waals surface area (Å²) in [6.07, 6.45) is 0. The Kier molecular flexibility index (Phi) is 3.83. The first kappa shape index (κ1) is 13.5. The highest BCUT2D eigenvalue weighted by Gasteiger charge is 2.24. The molecule has 102 valence electrons. The van der Waals surface area contributed by atoms with Gasteiger partial charge in [-0.25, -0.2) is 4.39 Å². The molecule has 0 atom stereocenters. The van der Waals surface area contributed by atoms with Gasteiger partial charge >= 0.3 is 0 Å². The average Bonchev–Trinajstić information content (AvgIpc) is 2.41. The lowest BCUT2D eigenvalue weighted by Gasteiger charge is -2.34. The van der Waals surface area contributed by atoms with Crippen LogP contribution in [0.5, 0.6) is 0 Å². The van der Waals surface area contributed by atoms with E-state index in [9.17, 15) is 14.0 Å². The van der Waals surface area contributed by atoms with Crippen molar-refractivity contribution in [3.63, 3.8) is 0 Å². The van der Waals surface area contributed by atoms with Gasteiger partial charge < -0.3 is 9.80 Å². The summed E-state index contributed by atoms with van der Waals surface area (Å²) in [5.74, 6) is -0.550. The number of amides is 2. The molecular formula is C14H17FN2O2. The standard InChI is InChI=1S/C14H17FN2O2/c1-10-3-4-12(15)9-13(10)14(19)17-7-5-16(6-8-17)11(2)18/h3-4,9H,5-8H2,1-2H3. The summed E-state index contributed by atoms with van der Waals surface area (Å²) in [6, 6.07) is 4.23. The molecule has 0 aromatic heterocycles. The van der Waals surface area contributed by atoms with Gasteiger partial charge in [-0.1, -0.05) is 6.07 Å². The maximum absolute atomic E-state index is 13.2. The molecule has 1 aliphatic heterocycles. The molecule has 0 spiro atoms. The van der Waals surface area contributed by atoms with Crippen molar-refractivity contribution >= 4 is 11.8 Å². The molecule has 1 fully saturated rings. The van der Waals surface area contributed by atoms with Crippen LogP contribution in [0.3, 0.4) is 0 Å². The molecule has 1 aromatic rings. The lowest BCUT2D eigenvalue weighted by molar-refractivity contribution is -0.130. The smallest absolute Gasteiger partial charge is 0.254 e. The van der Waals surface area contributed by atoms with E-state index < -0.39 is 5.82 Å². The van der Waals surface area contributed by atoms with Crippen molar-refractivity contribution in [3.8, 4) is 0 Å². The summed E-state index contributed by atoms with van der Waals surface area (Å²) in [4.78, 5) is 26.9. The van der Waals surface area contributed by atoms with Crippen molar-refractivity contribution in [1.29, 1.82) is 0 Å². The molecule has 1 saturated heterocycles. The Morgan fingerprint density at radius 1 is 1.11 bits per heavy atom. The first-order valence-electron chi connectivity index (χ1n) is 6.30. The lowest BCUT2D eigenvalue weighted by Crippen LogP contribution is -2.50. The Hall–Kier alpha value is -1.91. The molecule has 2 rings (SSSR count). The van der Waals surface area contributed by atoms with Gasteiger partial charge in [-0.2, -0.15) is 0 Å². The van der Waals surface area contributed by atoms with Gasteiger partial charge in [0, 0.05) is 38.7 Å². The van der Waals surface area contributed by atoms with Gasteiger partial charge in [-0.15, -0.1) is 0 Å². The highest BCUT2D eigenvalue weighted by atomic mass is 19.1. The highest BCUT2D eigenvalue weighted by molar-refractivity contribution is 5.95. The average molecular weight is 264 g/mol. The first-order valence-corrected chi connectivity index (χ1v) is 6.30. The van der Waals surface area contributed by atoms with Crippen LogP contribution in [0.15, 0.2) is 18.2 Å². The van der Waals surface area contributed by atoms with Crippen molar-refractivity contribution in [3.05, 3.63) is 35.1 Å². The zero-order valence-electron chi connectivity index (χ0n) is 11.1. The van der Waals surface area contributed by atoms with E-state index in [1.165, 1.54) is 19.1 Å². The minimum Gasteiger partial charge on any atom is -0.339 e. The number of rotatable bonds is 1. The maximum Gasteiger partial charge on any atom is 0.254 e. The number of hydrogen-bond acceptors (Lipinski definition) is 2. The second kappa shape index (κ2) is 5.38. The molecule has 0 unspecified atom stereocenters. The van der Waals surface area contributed by atoms with Crippen LogP contribution >= 0.6 is 0 Å². The molecule has 0 saturated carbocycles. The van der Waals surface area contributed by atoms with Crippen LogP contribution in [0.1, 0.15) is 22.8 Å². The Labute approximate surface area is 111 Å². The van der Waals surface area contributed by atoms with E-state index in [2.05, 4.69) is 0 Å². The number of nitrogens with zero attached hydrogens (tertiary/aromatic N) is 2. The number of carbonyl (C=O) groups is 2. The summed E-state index contributed by atoms with van der Waals surface area (Å²) in [5.41, 5.74) is 1.16. The fourth-order valence-corrected chi connectivity index (χ4v) is 2.22. The van der Waals surface area contributed by atoms with Crippen LogP contribution in [0, 0.1) is 12.7 Å². The molecule has 1 aliphatic rings. The van der Waals surface area contributed by atoms with E-state index in [0.717, 1.165) is 5.56 Å². The normalized spacial score (nSPS) is 15.5. The summed E-state index contributed by atoms with van der Waals surface area (Å²) < 4.78 is 13.2. The maximum atomic E-state index is 13.2. The monoisotopic (exact) mass is 264 g/mol. The van der Waals surface area contributed by atoms with Crippen LogP contribution in [0.25, 0.3) is 0 Å². The summed E-state index contributed by atoms with van der Waals surface area (Å²) in [7, 11) is 0. The van der Waals surface area contributed by atoms with Crippen LogP contribution in [-0.2, 0) is 4.79 Å². The Bertz CT molecular complexity index is 508. The predicted molar refractivity (Wildman–Crippen MR) is 69.3 cm³/mol. The van der Waals surface area contributed by atoms with E-state index in [1.54, 1.807) is 22.8 Å². The first-order chi connectivity index (χ1) is 8.99. The van der Waals surface area contributed by atoms with Crippen LogP contribution < -0.4 is 0 Å². The number of hydrogen-bond donors (Lipinski definition) is 0. The SMILES string of the molecule is CC(=O)N1CCN(C(=O)c2cc(F)ccc2C)CC1. The third-order valence-corrected chi connectivity index (χ3v) is 3.44. The van der Waals surface area contributed by atoms with Crippen molar-refractivity contribution in [2.24, 2.45) is 0 Å². The van der Waals surface area contributed by atoms with Gasteiger partial charge in [0.2, 0.25) is 5.91 Å². The zero-order valence-corrected chi connectivity index (χ0v) is 11.1. The third-order valence-electron chi connectivity index (χ3n) is 3.44. The number of halogens is 1. The number of aryl methyl sites for hydroxylation is 1. The third kappa shape index (κ3) is 2.92. The number of piperazine rings is 1. The van der Waals surface area contributed by atoms with Crippen molar-refractivity contribution < 1.29 is 14.0 Å². The molecule has 1 heterocycles. The van der Waals surface area contributed by atoms with Gasteiger partial charge in [-0.05, 0) is 24.6 Å². The molecular weight excluding hydrogens is 247 g/mol. The zero-order chi connectivity index (χ0) is 14.0. The molecule has 0 radical (unpaired) electrons. The molecule has 0 bridgehead atoms. The molecule has 1 aromatic carbocycles. The number of carbonyl (C=O) groups excluding carboxylic acids is 2. The molecule has 0 N–H and O–H groups in total. The van der Waals surface area contributed by atoms with Gasteiger partial charge in [0.25, 0.3) is 5.91 Å². The molecule has 2 amide bonds. The summed E-state index contributed by atoms with van der Waals surface area (Å²) >= 11 is 0. The second-order valence-electron chi connectivity index (χ2n) is 4.76. The quantitative estimate of drug-likeness (QED) is 0.770. The van der Waals surface area contributed by atoms with E-state index in [-0.39, 0.29) is 11.8 Å². The van der Waals surface area contributed by atoms with Gasteiger partial charge in [-0.3, -0.25) is 9.59 Å². The van der Waals surface area contributed by atoms with Crippen LogP contribution in [-0.4, -0.2) is 47.8 Å². The molecule has 5 heteroatoms. The minimum absolute atomic E-state index is 0.0223. The van der Waals surface area contributed by atoms with Crippen molar-refractivity contribution in [2.45, 2.75) is 13.8 Å². The van der Waals surface area contributed by atoms with Crippen molar-refractivity contribution in [1.82, 2.24) is 9.80 Å². The fraction of sp³-hybridized carbons (Fsp3) is 0.429. The molecule has 4 nitrogen and oxygen atoms in total. The highest BCUT2D eigenvalue weighted by Crippen LogP contribution is 2.14. The summed E-state index contributed by atoms with van der Waals surface area (Å²) in [5, 5.41) is 0. The fourth-order valence-electron chi connectivity index (χ4n) is 2.22. The second-order valence-corrected chi connectivity index (χ2v) is 4.76. The molecule has 0 aliphatic carbocycles. The van der Waals surface area contributed by atoms with Gasteiger partial charge in [0.05, 0.1) is 0 Å². The van der Waals surface area contributed by atoms with E-state index in [1.807, 2.05) is 0 Å². The van der Waals surface area contributed by atoms with E-state index in [0.29, 0.717) is 31.7 Å². The largest absolute Gasteiger partial charge is 0.339 e. The Morgan fingerprint density at radius 2 is 1.68 bits per heavy atom. The van der Waals surface area contributed by atoms with Gasteiger partial charge in [0.1, 0.15) is 5.82 Å². The van der Waals surface area contributed by atoms with E-state index >= 15 is 0 Å². The van der Waals surface area contributed by atoms with Gasteiger partial charge in [0.15, 0.2) is 0 Å². The minimum atomic E-state index is -0.406. The number of benzene rings is 1. The predicted octanol–water partition coefficient (Wildman–Crippen LogP) is 1.44. The van der Waals surface area contributed by atoms with Crippen LogP contribution in [0.4, 0.5) is 4.39 Å². The van der Waals surface area contributed by atoms with Crippen LogP contribution in [0.2, 0.25) is 0 Å². The lowest BCUT2D eigenvalue weighted by atomic mass is 10.1. The van der Waals surface area contributed by atoms with Crippen molar-refractivity contribution in [2.75, 3.05) is 26.2 Å².